The average Bonchev–Trinajstić information content (AvgIpc) is 2.38. The van der Waals surface area contributed by atoms with E-state index in [2.05, 4.69) is 6.07 Å². The summed E-state index contributed by atoms with van der Waals surface area (Å²) in [4.78, 5) is 0. The second-order valence-electron chi connectivity index (χ2n) is 4.32. The molecule has 0 saturated heterocycles. The third kappa shape index (κ3) is 3.35. The van der Waals surface area contributed by atoms with Crippen molar-refractivity contribution in [3.8, 4) is 6.07 Å². The Bertz CT molecular complexity index is 686. The van der Waals surface area contributed by atoms with Gasteiger partial charge in [-0.05, 0) is 48.4 Å². The van der Waals surface area contributed by atoms with Crippen LogP contribution in [0.3, 0.4) is 0 Å². The van der Waals surface area contributed by atoms with Gasteiger partial charge >= 0.3 is 0 Å². The first-order valence-corrected chi connectivity index (χ1v) is 6.98. The first-order chi connectivity index (χ1) is 9.51. The molecule has 2 rings (SSSR count). The molecule has 0 bridgehead atoms. The van der Waals surface area contributed by atoms with Crippen molar-refractivity contribution in [1.29, 1.82) is 5.26 Å². The standard InChI is InChI=1S/C16H10Cl3N/c1-10-6-14(18)16(15(19)7-10)12(9-20)8-11-2-4-13(17)5-3-11/h2-8H,1H3. The molecule has 0 N–H and O–H groups in total. The summed E-state index contributed by atoms with van der Waals surface area (Å²) in [7, 11) is 0. The number of nitrogens with zero attached hydrogens (tertiary/aromatic N) is 1. The molecule has 0 saturated carbocycles. The summed E-state index contributed by atoms with van der Waals surface area (Å²) in [5.74, 6) is 0. The maximum Gasteiger partial charge on any atom is 0.0999 e. The van der Waals surface area contributed by atoms with Gasteiger partial charge < -0.3 is 0 Å². The molecule has 0 aliphatic heterocycles. The number of hydrogen-bond donors (Lipinski definition) is 0. The van der Waals surface area contributed by atoms with E-state index in [1.165, 1.54) is 0 Å². The molecule has 0 spiro atoms. The third-order valence-corrected chi connectivity index (χ3v) is 3.61. The summed E-state index contributed by atoms with van der Waals surface area (Å²) < 4.78 is 0. The van der Waals surface area contributed by atoms with Gasteiger partial charge in [-0.25, -0.2) is 0 Å². The van der Waals surface area contributed by atoms with Gasteiger partial charge in [0.1, 0.15) is 0 Å². The molecule has 0 radical (unpaired) electrons. The molecule has 0 unspecified atom stereocenters. The van der Waals surface area contributed by atoms with Crippen molar-refractivity contribution in [2.45, 2.75) is 6.92 Å². The first kappa shape index (κ1) is 14.9. The molecule has 0 aliphatic carbocycles. The monoisotopic (exact) mass is 321 g/mol. The van der Waals surface area contributed by atoms with E-state index >= 15 is 0 Å². The minimum atomic E-state index is 0.419. The van der Waals surface area contributed by atoms with Crippen LogP contribution in [0.15, 0.2) is 36.4 Å². The summed E-state index contributed by atoms with van der Waals surface area (Å²) in [6.07, 6.45) is 1.73. The van der Waals surface area contributed by atoms with Gasteiger partial charge in [0.25, 0.3) is 0 Å². The van der Waals surface area contributed by atoms with Crippen molar-refractivity contribution in [1.82, 2.24) is 0 Å². The molecule has 0 fully saturated rings. The number of allylic oxidation sites excluding steroid dienone is 1. The Morgan fingerprint density at radius 1 is 1.05 bits per heavy atom. The fraction of sp³-hybridized carbons (Fsp3) is 0.0625. The Balaban J connectivity index is 2.54. The summed E-state index contributed by atoms with van der Waals surface area (Å²) in [6.45, 7) is 1.90. The molecule has 0 amide bonds. The highest BCUT2D eigenvalue weighted by molar-refractivity contribution is 6.38. The van der Waals surface area contributed by atoms with E-state index in [0.717, 1.165) is 11.1 Å². The average molecular weight is 323 g/mol. The van der Waals surface area contributed by atoms with E-state index < -0.39 is 0 Å². The lowest BCUT2D eigenvalue weighted by Crippen LogP contribution is -1.88. The molecular weight excluding hydrogens is 313 g/mol. The van der Waals surface area contributed by atoms with Crippen LogP contribution in [0.2, 0.25) is 15.1 Å². The van der Waals surface area contributed by atoms with Crippen LogP contribution in [0.5, 0.6) is 0 Å². The number of hydrogen-bond acceptors (Lipinski definition) is 1. The van der Waals surface area contributed by atoms with E-state index in [1.807, 2.05) is 19.1 Å². The third-order valence-electron chi connectivity index (χ3n) is 2.76. The minimum absolute atomic E-state index is 0.419. The summed E-state index contributed by atoms with van der Waals surface area (Å²) >= 11 is 18.2. The maximum absolute atomic E-state index is 9.35. The zero-order valence-electron chi connectivity index (χ0n) is 10.6. The summed E-state index contributed by atoms with van der Waals surface area (Å²) in [6, 6.07) is 12.9. The summed E-state index contributed by atoms with van der Waals surface area (Å²) in [5.41, 5.74) is 2.78. The first-order valence-electron chi connectivity index (χ1n) is 5.84. The summed E-state index contributed by atoms with van der Waals surface area (Å²) in [5, 5.41) is 10.9. The van der Waals surface area contributed by atoms with Crippen LogP contribution >= 0.6 is 34.8 Å². The number of aryl methyl sites for hydroxylation is 1. The van der Waals surface area contributed by atoms with E-state index in [4.69, 9.17) is 34.8 Å². The van der Waals surface area contributed by atoms with Gasteiger partial charge in [-0.2, -0.15) is 5.26 Å². The highest BCUT2D eigenvalue weighted by atomic mass is 35.5. The Morgan fingerprint density at radius 2 is 1.60 bits per heavy atom. The van der Waals surface area contributed by atoms with Crippen LogP contribution in [-0.4, -0.2) is 0 Å². The van der Waals surface area contributed by atoms with Gasteiger partial charge in [0.2, 0.25) is 0 Å². The largest absolute Gasteiger partial charge is 0.192 e. The van der Waals surface area contributed by atoms with E-state index in [9.17, 15) is 5.26 Å². The number of halogens is 3. The maximum atomic E-state index is 9.35. The second-order valence-corrected chi connectivity index (χ2v) is 5.58. The lowest BCUT2D eigenvalue weighted by atomic mass is 10.0. The lowest BCUT2D eigenvalue weighted by Gasteiger charge is -2.07. The quantitative estimate of drug-likeness (QED) is 0.490. The van der Waals surface area contributed by atoms with Gasteiger partial charge in [0.05, 0.1) is 21.7 Å². The second kappa shape index (κ2) is 6.33. The van der Waals surface area contributed by atoms with Crippen LogP contribution in [0.1, 0.15) is 16.7 Å². The lowest BCUT2D eigenvalue weighted by molar-refractivity contribution is 1.45. The molecule has 0 atom stereocenters. The molecule has 100 valence electrons. The topological polar surface area (TPSA) is 23.8 Å². The van der Waals surface area contributed by atoms with Gasteiger partial charge in [0.15, 0.2) is 0 Å². The molecule has 0 aromatic heterocycles. The minimum Gasteiger partial charge on any atom is -0.192 e. The fourth-order valence-corrected chi connectivity index (χ4v) is 2.77. The predicted octanol–water partition coefficient (Wildman–Crippen LogP) is 6.02. The van der Waals surface area contributed by atoms with Crippen molar-refractivity contribution in [2.75, 3.05) is 0 Å². The normalized spacial score (nSPS) is 11.2. The van der Waals surface area contributed by atoms with Crippen LogP contribution in [0.4, 0.5) is 0 Å². The van der Waals surface area contributed by atoms with Crippen molar-refractivity contribution in [3.63, 3.8) is 0 Å². The number of rotatable bonds is 2. The van der Waals surface area contributed by atoms with Gasteiger partial charge in [0, 0.05) is 10.6 Å². The SMILES string of the molecule is Cc1cc(Cl)c(C(C#N)=Cc2ccc(Cl)cc2)c(Cl)c1. The predicted molar refractivity (Wildman–Crippen MR) is 86.1 cm³/mol. The van der Waals surface area contributed by atoms with Crippen molar-refractivity contribution < 1.29 is 0 Å². The molecule has 2 aromatic carbocycles. The van der Waals surface area contributed by atoms with E-state index in [-0.39, 0.29) is 0 Å². The Labute approximate surface area is 133 Å². The van der Waals surface area contributed by atoms with E-state index in [0.29, 0.717) is 26.2 Å². The number of benzene rings is 2. The Hall–Kier alpha value is -1.46. The zero-order valence-corrected chi connectivity index (χ0v) is 12.9. The number of nitriles is 1. The van der Waals surface area contributed by atoms with Crippen LogP contribution in [0, 0.1) is 18.3 Å². The fourth-order valence-electron chi connectivity index (χ4n) is 1.84. The van der Waals surface area contributed by atoms with Crippen LogP contribution in [0.25, 0.3) is 11.6 Å². The highest BCUT2D eigenvalue weighted by Gasteiger charge is 2.12. The molecular formula is C16H10Cl3N. The molecule has 1 nitrogen and oxygen atoms in total. The zero-order chi connectivity index (χ0) is 14.7. The molecule has 0 aliphatic rings. The molecule has 0 heterocycles. The Kier molecular flexibility index (Phi) is 4.73. The van der Waals surface area contributed by atoms with Gasteiger partial charge in [-0.3, -0.25) is 0 Å². The molecule has 2 aromatic rings. The Morgan fingerprint density at radius 3 is 2.10 bits per heavy atom. The van der Waals surface area contributed by atoms with Crippen molar-refractivity contribution in [2.24, 2.45) is 0 Å². The van der Waals surface area contributed by atoms with Crippen LogP contribution in [-0.2, 0) is 0 Å². The van der Waals surface area contributed by atoms with Crippen molar-refractivity contribution >= 4 is 46.5 Å². The van der Waals surface area contributed by atoms with E-state index in [1.54, 1.807) is 30.3 Å². The van der Waals surface area contributed by atoms with Gasteiger partial charge in [-0.1, -0.05) is 46.9 Å². The van der Waals surface area contributed by atoms with Gasteiger partial charge in [-0.15, -0.1) is 0 Å². The molecule has 20 heavy (non-hydrogen) atoms. The van der Waals surface area contributed by atoms with Crippen LogP contribution < -0.4 is 0 Å². The van der Waals surface area contributed by atoms with Crippen molar-refractivity contribution in [3.05, 3.63) is 68.2 Å². The smallest absolute Gasteiger partial charge is 0.0999 e. The molecule has 4 heteroatoms. The highest BCUT2D eigenvalue weighted by Crippen LogP contribution is 2.33.